The van der Waals surface area contributed by atoms with Crippen LogP contribution in [0.1, 0.15) is 23.9 Å². The molecule has 0 spiro atoms. The van der Waals surface area contributed by atoms with Gasteiger partial charge in [-0.05, 0) is 31.9 Å². The lowest BCUT2D eigenvalue weighted by Gasteiger charge is -2.09. The summed E-state index contributed by atoms with van der Waals surface area (Å²) in [5, 5.41) is 9.61. The van der Waals surface area contributed by atoms with E-state index in [1.54, 1.807) is 10.7 Å². The number of nitrogens with zero attached hydrogens (tertiary/aromatic N) is 3. The number of hydrogen-bond acceptors (Lipinski definition) is 4. The molecule has 0 aliphatic heterocycles. The Morgan fingerprint density at radius 3 is 2.58 bits per heavy atom. The molecule has 2 rings (SSSR count). The Labute approximate surface area is 112 Å². The average Bonchev–Trinajstić information content (AvgIpc) is 2.63. The fourth-order valence-corrected chi connectivity index (χ4v) is 2.84. The van der Waals surface area contributed by atoms with Gasteiger partial charge in [-0.1, -0.05) is 6.92 Å². The van der Waals surface area contributed by atoms with Crippen LogP contribution in [0.4, 0.5) is 0 Å². The summed E-state index contributed by atoms with van der Waals surface area (Å²) in [6.45, 7) is 5.85. The first-order valence-electron chi connectivity index (χ1n) is 5.88. The second-order valence-corrected chi connectivity index (χ2v) is 5.83. The van der Waals surface area contributed by atoms with Crippen LogP contribution in [-0.4, -0.2) is 23.2 Å². The Kier molecular flexibility index (Phi) is 3.42. The van der Waals surface area contributed by atoms with Gasteiger partial charge in [0.15, 0.2) is 0 Å². The van der Waals surface area contributed by atoms with Crippen LogP contribution < -0.4 is 5.14 Å². The predicted molar refractivity (Wildman–Crippen MR) is 71.6 cm³/mol. The Balaban J connectivity index is 2.74. The summed E-state index contributed by atoms with van der Waals surface area (Å²) in [5.41, 5.74) is 3.34. The third-order valence-electron chi connectivity index (χ3n) is 3.09. The first kappa shape index (κ1) is 13.7. The van der Waals surface area contributed by atoms with Crippen molar-refractivity contribution in [3.05, 3.63) is 35.4 Å². The van der Waals surface area contributed by atoms with Gasteiger partial charge in [-0.2, -0.15) is 5.10 Å². The van der Waals surface area contributed by atoms with Crippen LogP contribution in [0.25, 0.3) is 5.69 Å². The van der Waals surface area contributed by atoms with Crippen molar-refractivity contribution >= 4 is 10.0 Å². The van der Waals surface area contributed by atoms with E-state index in [4.69, 9.17) is 5.14 Å². The summed E-state index contributed by atoms with van der Waals surface area (Å²) in [4.78, 5) is 3.79. The van der Waals surface area contributed by atoms with Gasteiger partial charge in [0.05, 0.1) is 11.4 Å². The normalized spacial score (nSPS) is 11.8. The number of rotatable bonds is 3. The topological polar surface area (TPSA) is 90.9 Å². The average molecular weight is 280 g/mol. The van der Waals surface area contributed by atoms with Crippen molar-refractivity contribution in [1.82, 2.24) is 14.8 Å². The Morgan fingerprint density at radius 2 is 2.05 bits per heavy atom. The number of sulfonamides is 1. The summed E-state index contributed by atoms with van der Waals surface area (Å²) >= 11 is 0. The molecule has 2 heterocycles. The molecule has 0 unspecified atom stereocenters. The van der Waals surface area contributed by atoms with E-state index >= 15 is 0 Å². The van der Waals surface area contributed by atoms with Crippen molar-refractivity contribution < 1.29 is 8.42 Å². The molecule has 102 valence electrons. The first-order valence-corrected chi connectivity index (χ1v) is 7.43. The van der Waals surface area contributed by atoms with Crippen LogP contribution in [0.5, 0.6) is 0 Å². The highest BCUT2D eigenvalue weighted by Gasteiger charge is 2.19. The molecular formula is C12H16N4O2S. The number of nitrogens with two attached hydrogens (primary N) is 1. The highest BCUT2D eigenvalue weighted by molar-refractivity contribution is 7.89. The first-order chi connectivity index (χ1) is 8.86. The SMILES string of the molecule is CCc1c(C)nn(-c2ccncc2S(N)(=O)=O)c1C. The van der Waals surface area contributed by atoms with Gasteiger partial charge >= 0.3 is 0 Å². The zero-order valence-corrected chi connectivity index (χ0v) is 11.9. The lowest BCUT2D eigenvalue weighted by molar-refractivity contribution is 0.596. The second kappa shape index (κ2) is 4.75. The minimum absolute atomic E-state index is 0.0248. The molecule has 6 nitrogen and oxygen atoms in total. The molecule has 2 N–H and O–H groups in total. The smallest absolute Gasteiger partial charge is 0.241 e. The molecule has 7 heteroatoms. The summed E-state index contributed by atoms with van der Waals surface area (Å²) in [6.07, 6.45) is 3.60. The summed E-state index contributed by atoms with van der Waals surface area (Å²) in [6, 6.07) is 1.60. The van der Waals surface area contributed by atoms with Crippen LogP contribution in [0.2, 0.25) is 0 Å². The monoisotopic (exact) mass is 280 g/mol. The van der Waals surface area contributed by atoms with Gasteiger partial charge in [0, 0.05) is 18.1 Å². The van der Waals surface area contributed by atoms with Gasteiger partial charge in [-0.15, -0.1) is 0 Å². The Hall–Kier alpha value is -1.73. The zero-order chi connectivity index (χ0) is 14.2. The van der Waals surface area contributed by atoms with Crippen LogP contribution in [-0.2, 0) is 16.4 Å². The van der Waals surface area contributed by atoms with E-state index in [1.165, 1.54) is 12.4 Å². The van der Waals surface area contributed by atoms with Gasteiger partial charge in [-0.3, -0.25) is 4.98 Å². The lowest BCUT2D eigenvalue weighted by Crippen LogP contribution is -2.16. The molecular weight excluding hydrogens is 264 g/mol. The van der Waals surface area contributed by atoms with Crippen LogP contribution >= 0.6 is 0 Å². The van der Waals surface area contributed by atoms with Crippen LogP contribution in [0.15, 0.2) is 23.4 Å². The van der Waals surface area contributed by atoms with Gasteiger partial charge in [0.1, 0.15) is 4.90 Å². The molecule has 0 fully saturated rings. The fourth-order valence-electron chi connectivity index (χ4n) is 2.19. The molecule has 0 radical (unpaired) electrons. The molecule has 0 amide bonds. The van der Waals surface area contributed by atoms with Gasteiger partial charge in [-0.25, -0.2) is 18.2 Å². The molecule has 19 heavy (non-hydrogen) atoms. The largest absolute Gasteiger partial charge is 0.263 e. The number of aryl methyl sites for hydroxylation is 1. The molecule has 2 aromatic heterocycles. The van der Waals surface area contributed by atoms with Gasteiger partial charge in [0.2, 0.25) is 10.0 Å². The van der Waals surface area contributed by atoms with Crippen molar-refractivity contribution in [1.29, 1.82) is 0 Å². The lowest BCUT2D eigenvalue weighted by atomic mass is 10.1. The molecule has 0 aromatic carbocycles. The third kappa shape index (κ3) is 2.39. The number of hydrogen-bond donors (Lipinski definition) is 1. The van der Waals surface area contributed by atoms with E-state index < -0.39 is 10.0 Å². The molecule has 0 aliphatic rings. The maximum atomic E-state index is 11.6. The minimum atomic E-state index is -3.83. The van der Waals surface area contributed by atoms with E-state index in [9.17, 15) is 8.42 Å². The standard InChI is InChI=1S/C12H16N4O2S/c1-4-10-8(2)15-16(9(10)3)11-5-6-14-7-12(11)19(13,17)18/h5-7H,4H2,1-3H3,(H2,13,17,18). The van der Waals surface area contributed by atoms with E-state index in [0.29, 0.717) is 5.69 Å². The van der Waals surface area contributed by atoms with E-state index in [0.717, 1.165) is 23.4 Å². The fraction of sp³-hybridized carbons (Fsp3) is 0.333. The van der Waals surface area contributed by atoms with Crippen molar-refractivity contribution in [2.24, 2.45) is 5.14 Å². The highest BCUT2D eigenvalue weighted by Crippen LogP contribution is 2.22. The highest BCUT2D eigenvalue weighted by atomic mass is 32.2. The Bertz CT molecular complexity index is 719. The maximum Gasteiger partial charge on any atom is 0.241 e. The summed E-state index contributed by atoms with van der Waals surface area (Å²) < 4.78 is 24.8. The Morgan fingerprint density at radius 1 is 1.37 bits per heavy atom. The predicted octanol–water partition coefficient (Wildman–Crippen LogP) is 1.09. The summed E-state index contributed by atoms with van der Waals surface area (Å²) in [5.74, 6) is 0. The van der Waals surface area contributed by atoms with Crippen molar-refractivity contribution in [3.8, 4) is 5.69 Å². The van der Waals surface area contributed by atoms with Crippen LogP contribution in [0, 0.1) is 13.8 Å². The van der Waals surface area contributed by atoms with Crippen molar-refractivity contribution in [2.45, 2.75) is 32.1 Å². The van der Waals surface area contributed by atoms with Crippen molar-refractivity contribution in [3.63, 3.8) is 0 Å². The molecule has 2 aromatic rings. The molecule has 0 bridgehead atoms. The summed E-state index contributed by atoms with van der Waals surface area (Å²) in [7, 11) is -3.83. The maximum absolute atomic E-state index is 11.6. The zero-order valence-electron chi connectivity index (χ0n) is 11.1. The molecule has 0 aliphatic carbocycles. The van der Waals surface area contributed by atoms with Gasteiger partial charge in [0.25, 0.3) is 0 Å². The minimum Gasteiger partial charge on any atom is -0.263 e. The number of pyridine rings is 1. The number of primary sulfonamides is 1. The number of aromatic nitrogens is 3. The molecule has 0 atom stereocenters. The second-order valence-electron chi connectivity index (χ2n) is 4.30. The van der Waals surface area contributed by atoms with Gasteiger partial charge < -0.3 is 0 Å². The van der Waals surface area contributed by atoms with E-state index in [2.05, 4.69) is 10.1 Å². The van der Waals surface area contributed by atoms with Crippen LogP contribution in [0.3, 0.4) is 0 Å². The van der Waals surface area contributed by atoms with E-state index in [1.807, 2.05) is 20.8 Å². The molecule has 0 saturated carbocycles. The van der Waals surface area contributed by atoms with Crippen molar-refractivity contribution in [2.75, 3.05) is 0 Å². The molecule has 0 saturated heterocycles. The third-order valence-corrected chi connectivity index (χ3v) is 4.02. The quantitative estimate of drug-likeness (QED) is 0.911. The van der Waals surface area contributed by atoms with E-state index in [-0.39, 0.29) is 4.90 Å².